The molecule has 3 amide bonds. The quantitative estimate of drug-likeness (QED) is 0.615. The molecule has 7 nitrogen and oxygen atoms in total. The molecule has 0 bridgehead atoms. The number of carbonyl (C=O) groups excluding carboxylic acids is 2. The van der Waals surface area contributed by atoms with Crippen molar-refractivity contribution in [3.63, 3.8) is 0 Å². The molecule has 0 rings (SSSR count). The Kier molecular flexibility index (Phi) is 7.64. The molecule has 0 heterocycles. The lowest BCUT2D eigenvalue weighted by atomic mass is 9.99. The number of rotatable bonds is 8. The Morgan fingerprint density at radius 1 is 1.25 bits per heavy atom. The van der Waals surface area contributed by atoms with Crippen molar-refractivity contribution in [1.29, 1.82) is 0 Å². The van der Waals surface area contributed by atoms with E-state index in [1.807, 2.05) is 6.92 Å². The molecular weight excluding hydrogens is 262 g/mol. The first-order valence-electron chi connectivity index (χ1n) is 6.71. The molecule has 116 valence electrons. The molecule has 0 radical (unpaired) electrons. The van der Waals surface area contributed by atoms with Crippen molar-refractivity contribution in [3.05, 3.63) is 0 Å². The smallest absolute Gasteiger partial charge is 0.318 e. The molecule has 0 aromatic rings. The lowest BCUT2D eigenvalue weighted by Gasteiger charge is -2.30. The highest BCUT2D eigenvalue weighted by atomic mass is 16.4. The molecule has 0 aliphatic heterocycles. The fraction of sp³-hybridized carbons (Fsp3) is 0.769. The van der Waals surface area contributed by atoms with Gasteiger partial charge in [-0.3, -0.25) is 9.59 Å². The lowest BCUT2D eigenvalue weighted by Crippen LogP contribution is -2.52. The summed E-state index contributed by atoms with van der Waals surface area (Å²) in [6, 6.07) is -0.356. The maximum atomic E-state index is 12.1. The van der Waals surface area contributed by atoms with Crippen LogP contribution in [0.25, 0.3) is 0 Å². The third-order valence-electron chi connectivity index (χ3n) is 2.80. The molecule has 0 saturated heterocycles. The van der Waals surface area contributed by atoms with Gasteiger partial charge in [0.15, 0.2) is 0 Å². The summed E-state index contributed by atoms with van der Waals surface area (Å²) >= 11 is 0. The minimum atomic E-state index is -0.900. The van der Waals surface area contributed by atoms with Crippen LogP contribution in [0.3, 0.4) is 0 Å². The number of likely N-dealkylation sites (N-methyl/N-ethyl adjacent to an activating group) is 1. The van der Waals surface area contributed by atoms with E-state index in [9.17, 15) is 14.4 Å². The van der Waals surface area contributed by atoms with Crippen molar-refractivity contribution in [2.75, 3.05) is 20.1 Å². The molecule has 0 saturated carbocycles. The van der Waals surface area contributed by atoms with Crippen LogP contribution in [-0.4, -0.2) is 53.6 Å². The van der Waals surface area contributed by atoms with E-state index in [2.05, 4.69) is 10.6 Å². The zero-order valence-electron chi connectivity index (χ0n) is 12.7. The molecule has 7 heteroatoms. The minimum absolute atomic E-state index is 0.00875. The predicted molar refractivity (Wildman–Crippen MR) is 75.4 cm³/mol. The zero-order valence-corrected chi connectivity index (χ0v) is 12.7. The molecule has 0 aliphatic rings. The van der Waals surface area contributed by atoms with E-state index in [4.69, 9.17) is 5.11 Å². The first kappa shape index (κ1) is 18.2. The Morgan fingerprint density at radius 2 is 1.85 bits per heavy atom. The molecule has 3 N–H and O–H groups in total. The van der Waals surface area contributed by atoms with Gasteiger partial charge in [0, 0.05) is 25.6 Å². The van der Waals surface area contributed by atoms with E-state index < -0.39 is 11.5 Å². The van der Waals surface area contributed by atoms with Crippen LogP contribution in [0.2, 0.25) is 0 Å². The summed E-state index contributed by atoms with van der Waals surface area (Å²) < 4.78 is 0. The topological polar surface area (TPSA) is 98.7 Å². The lowest BCUT2D eigenvalue weighted by molar-refractivity contribution is -0.137. The number of urea groups is 1. The highest BCUT2D eigenvalue weighted by Crippen LogP contribution is 2.12. The minimum Gasteiger partial charge on any atom is -0.481 e. The molecular formula is C13H25N3O4. The molecule has 0 aromatic heterocycles. The second-order valence-electron chi connectivity index (χ2n) is 5.30. The van der Waals surface area contributed by atoms with E-state index in [0.29, 0.717) is 13.0 Å². The van der Waals surface area contributed by atoms with Gasteiger partial charge in [-0.2, -0.15) is 0 Å². The summed E-state index contributed by atoms with van der Waals surface area (Å²) in [5, 5.41) is 13.9. The molecule has 0 atom stereocenters. The fourth-order valence-corrected chi connectivity index (χ4v) is 1.63. The van der Waals surface area contributed by atoms with E-state index in [1.54, 1.807) is 13.8 Å². The summed E-state index contributed by atoms with van der Waals surface area (Å²) in [5.41, 5.74) is -0.635. The van der Waals surface area contributed by atoms with Crippen LogP contribution in [0, 0.1) is 0 Å². The van der Waals surface area contributed by atoms with Crippen LogP contribution in [0.5, 0.6) is 0 Å². The number of carboxylic acid groups (broad SMARTS) is 1. The van der Waals surface area contributed by atoms with Crippen molar-refractivity contribution in [3.8, 4) is 0 Å². The van der Waals surface area contributed by atoms with Gasteiger partial charge in [0.1, 0.15) is 6.54 Å². The van der Waals surface area contributed by atoms with E-state index in [-0.39, 0.29) is 24.9 Å². The van der Waals surface area contributed by atoms with Gasteiger partial charge in [0.2, 0.25) is 5.91 Å². The highest BCUT2D eigenvalue weighted by molar-refractivity contribution is 5.84. The van der Waals surface area contributed by atoms with Gasteiger partial charge in [-0.05, 0) is 26.7 Å². The molecule has 20 heavy (non-hydrogen) atoms. The number of carboxylic acids is 1. The van der Waals surface area contributed by atoms with Crippen molar-refractivity contribution in [2.45, 2.75) is 45.6 Å². The second kappa shape index (κ2) is 8.39. The van der Waals surface area contributed by atoms with Gasteiger partial charge in [0.25, 0.3) is 0 Å². The number of aliphatic carboxylic acids is 1. The van der Waals surface area contributed by atoms with Crippen LogP contribution in [0.4, 0.5) is 4.79 Å². The van der Waals surface area contributed by atoms with Crippen LogP contribution in [-0.2, 0) is 9.59 Å². The Balaban J connectivity index is 4.57. The average Bonchev–Trinajstić information content (AvgIpc) is 2.35. The number of amides is 3. The molecule has 0 fully saturated rings. The van der Waals surface area contributed by atoms with Gasteiger partial charge in [-0.25, -0.2) is 4.79 Å². The average molecular weight is 287 g/mol. The third-order valence-corrected chi connectivity index (χ3v) is 2.80. The van der Waals surface area contributed by atoms with E-state index >= 15 is 0 Å². The Hall–Kier alpha value is -1.79. The number of carbonyl (C=O) groups is 3. The SMILES string of the molecule is CCCN(CC(=O)NC)C(=O)NC(C)(C)CCC(=O)O. The summed E-state index contributed by atoms with van der Waals surface area (Å²) in [4.78, 5) is 35.5. The van der Waals surface area contributed by atoms with E-state index in [0.717, 1.165) is 6.42 Å². The largest absolute Gasteiger partial charge is 0.481 e. The Labute approximate surface area is 119 Å². The number of nitrogens with zero attached hydrogens (tertiary/aromatic N) is 1. The molecule has 0 aliphatic carbocycles. The van der Waals surface area contributed by atoms with Gasteiger partial charge >= 0.3 is 12.0 Å². The van der Waals surface area contributed by atoms with Gasteiger partial charge in [0.05, 0.1) is 0 Å². The first-order chi connectivity index (χ1) is 9.21. The number of hydrogen-bond donors (Lipinski definition) is 3. The standard InChI is InChI=1S/C13H25N3O4/c1-5-8-16(9-10(17)14-4)12(20)15-13(2,3)7-6-11(18)19/h5-9H2,1-4H3,(H,14,17)(H,15,20)(H,18,19). The van der Waals surface area contributed by atoms with E-state index in [1.165, 1.54) is 11.9 Å². The Bertz CT molecular complexity index is 356. The number of nitrogens with one attached hydrogen (secondary N) is 2. The summed E-state index contributed by atoms with van der Waals surface area (Å²) in [5.74, 6) is -1.14. The van der Waals surface area contributed by atoms with Crippen molar-refractivity contribution in [1.82, 2.24) is 15.5 Å². The van der Waals surface area contributed by atoms with Crippen molar-refractivity contribution in [2.24, 2.45) is 0 Å². The van der Waals surface area contributed by atoms with Crippen molar-refractivity contribution < 1.29 is 19.5 Å². The maximum absolute atomic E-state index is 12.1. The normalized spacial score (nSPS) is 10.8. The summed E-state index contributed by atoms with van der Waals surface area (Å²) in [6.07, 6.45) is 1.05. The maximum Gasteiger partial charge on any atom is 0.318 e. The molecule has 0 spiro atoms. The van der Waals surface area contributed by atoms with Crippen LogP contribution in [0.1, 0.15) is 40.0 Å². The van der Waals surface area contributed by atoms with Crippen LogP contribution >= 0.6 is 0 Å². The van der Waals surface area contributed by atoms with Gasteiger partial charge < -0.3 is 20.6 Å². The third kappa shape index (κ3) is 7.60. The number of hydrogen-bond acceptors (Lipinski definition) is 3. The van der Waals surface area contributed by atoms with Crippen molar-refractivity contribution >= 4 is 17.9 Å². The molecule has 0 aromatic carbocycles. The van der Waals surface area contributed by atoms with Gasteiger partial charge in [-0.15, -0.1) is 0 Å². The summed E-state index contributed by atoms with van der Waals surface area (Å²) in [6.45, 7) is 5.90. The van der Waals surface area contributed by atoms with Crippen LogP contribution < -0.4 is 10.6 Å². The molecule has 0 unspecified atom stereocenters. The monoisotopic (exact) mass is 287 g/mol. The summed E-state index contributed by atoms with van der Waals surface area (Å²) in [7, 11) is 1.52. The predicted octanol–water partition coefficient (Wildman–Crippen LogP) is 0.797. The fourth-order valence-electron chi connectivity index (χ4n) is 1.63. The highest BCUT2D eigenvalue weighted by Gasteiger charge is 2.25. The Morgan fingerprint density at radius 3 is 2.30 bits per heavy atom. The van der Waals surface area contributed by atoms with Crippen LogP contribution in [0.15, 0.2) is 0 Å². The van der Waals surface area contributed by atoms with Gasteiger partial charge in [-0.1, -0.05) is 6.92 Å². The zero-order chi connectivity index (χ0) is 15.8. The second-order valence-corrected chi connectivity index (χ2v) is 5.30. The first-order valence-corrected chi connectivity index (χ1v) is 6.71.